The lowest BCUT2D eigenvalue weighted by atomic mass is 10.0. The summed E-state index contributed by atoms with van der Waals surface area (Å²) in [5, 5.41) is 4.21. The fourth-order valence-corrected chi connectivity index (χ4v) is 3.29. The van der Waals surface area contributed by atoms with Crippen LogP contribution in [0, 0.1) is 0 Å². The minimum Gasteiger partial charge on any atom is -0.488 e. The number of benzene rings is 2. The molecule has 31 heavy (non-hydrogen) atoms. The first-order chi connectivity index (χ1) is 14.7. The number of ether oxygens (including phenoxy) is 2. The second-order valence-electron chi connectivity index (χ2n) is 7.21. The average Bonchev–Trinajstić information content (AvgIpc) is 3.17. The van der Waals surface area contributed by atoms with E-state index in [4.69, 9.17) is 15.2 Å². The van der Waals surface area contributed by atoms with Gasteiger partial charge >= 0.3 is 6.18 Å². The van der Waals surface area contributed by atoms with Crippen LogP contribution in [0.15, 0.2) is 48.7 Å². The zero-order chi connectivity index (χ0) is 22.4. The molecule has 0 spiro atoms. The number of fused-ring (bicyclic) bond motifs is 1. The van der Waals surface area contributed by atoms with Gasteiger partial charge in [0.1, 0.15) is 6.61 Å². The number of carbonyl (C=O) groups excluding carboxylic acids is 1. The first-order valence-corrected chi connectivity index (χ1v) is 9.77. The average molecular weight is 435 g/mol. The molecule has 166 valence electrons. The maximum atomic E-state index is 12.4. The summed E-state index contributed by atoms with van der Waals surface area (Å²) in [5.74, 6) is -0.188. The van der Waals surface area contributed by atoms with Crippen LogP contribution < -0.4 is 20.5 Å². The van der Waals surface area contributed by atoms with Gasteiger partial charge in [-0.05, 0) is 49.2 Å². The van der Waals surface area contributed by atoms with Crippen molar-refractivity contribution in [2.24, 2.45) is 5.73 Å². The molecule has 3 rings (SSSR count). The second-order valence-corrected chi connectivity index (χ2v) is 7.21. The van der Waals surface area contributed by atoms with Gasteiger partial charge in [0.25, 0.3) is 5.91 Å². The highest BCUT2D eigenvalue weighted by Gasteiger charge is 2.29. The molecule has 0 aliphatic carbocycles. The number of nitrogens with one attached hydrogen (secondary N) is 2. The monoisotopic (exact) mass is 435 g/mol. The van der Waals surface area contributed by atoms with Crippen LogP contribution in [-0.2, 0) is 6.42 Å². The summed E-state index contributed by atoms with van der Waals surface area (Å²) < 4.78 is 47.5. The largest absolute Gasteiger partial charge is 0.488 e. The zero-order valence-electron chi connectivity index (χ0n) is 17.0. The van der Waals surface area contributed by atoms with Crippen molar-refractivity contribution < 1.29 is 27.4 Å². The Bertz CT molecular complexity index is 1030. The summed E-state index contributed by atoms with van der Waals surface area (Å²) in [4.78, 5) is 14.7. The molecule has 1 amide bonds. The highest BCUT2D eigenvalue weighted by Crippen LogP contribution is 2.28. The molecule has 4 N–H and O–H groups in total. The summed E-state index contributed by atoms with van der Waals surface area (Å²) in [7, 11) is 0. The Kier molecular flexibility index (Phi) is 7.06. The molecule has 1 unspecified atom stereocenters. The Morgan fingerprint density at radius 3 is 2.55 bits per heavy atom. The molecule has 0 radical (unpaired) electrons. The van der Waals surface area contributed by atoms with Crippen LogP contribution in [0.5, 0.6) is 11.5 Å². The minimum absolute atomic E-state index is 0.0478. The molecule has 1 atom stereocenters. The van der Waals surface area contributed by atoms with Gasteiger partial charge in [-0.15, -0.1) is 0 Å². The van der Waals surface area contributed by atoms with Gasteiger partial charge in [-0.25, -0.2) is 0 Å². The number of hydrogen-bond acceptors (Lipinski definition) is 4. The quantitative estimate of drug-likeness (QED) is 0.423. The molecule has 0 bridgehead atoms. The van der Waals surface area contributed by atoms with Crippen molar-refractivity contribution in [1.82, 2.24) is 10.3 Å². The smallest absolute Gasteiger partial charge is 0.422 e. The van der Waals surface area contributed by atoms with E-state index in [2.05, 4.69) is 10.3 Å². The number of aromatic amines is 1. The van der Waals surface area contributed by atoms with E-state index in [1.165, 1.54) is 6.07 Å². The third-order valence-corrected chi connectivity index (χ3v) is 4.62. The van der Waals surface area contributed by atoms with Gasteiger partial charge < -0.3 is 25.5 Å². The van der Waals surface area contributed by atoms with E-state index in [9.17, 15) is 18.0 Å². The molecule has 2 aromatic carbocycles. The number of rotatable bonds is 10. The summed E-state index contributed by atoms with van der Waals surface area (Å²) >= 11 is 0. The maximum Gasteiger partial charge on any atom is 0.422 e. The molecular formula is C22H24F3N3O3. The molecule has 0 saturated heterocycles. The first-order valence-electron chi connectivity index (χ1n) is 9.77. The Balaban J connectivity index is 1.51. The molecular weight excluding hydrogens is 411 g/mol. The topological polar surface area (TPSA) is 89.4 Å². The molecule has 0 aliphatic heterocycles. The number of alkyl halides is 3. The summed E-state index contributed by atoms with van der Waals surface area (Å²) in [6, 6.07) is 12.0. The van der Waals surface area contributed by atoms with E-state index in [1.807, 2.05) is 19.1 Å². The second kappa shape index (κ2) is 9.74. The zero-order valence-corrected chi connectivity index (χ0v) is 17.0. The lowest BCUT2D eigenvalue weighted by Gasteiger charge is -2.16. The van der Waals surface area contributed by atoms with Crippen molar-refractivity contribution in [2.45, 2.75) is 25.6 Å². The summed E-state index contributed by atoms with van der Waals surface area (Å²) in [6.45, 7) is 1.34. The van der Waals surface area contributed by atoms with Crippen molar-refractivity contribution in [2.75, 3.05) is 19.8 Å². The van der Waals surface area contributed by atoms with Crippen molar-refractivity contribution in [3.8, 4) is 11.5 Å². The number of primary amides is 1. The molecule has 9 heteroatoms. The SMILES string of the molecule is CC(Cc1cc(C(N)=O)c2[nH]ccc2c1)NCCOc1ccccc1OCC(F)(F)F. The molecule has 3 aromatic rings. The van der Waals surface area contributed by atoms with Gasteiger partial charge in [0.15, 0.2) is 18.1 Å². The minimum atomic E-state index is -4.41. The number of para-hydroxylation sites is 2. The molecule has 1 heterocycles. The number of H-pyrrole nitrogens is 1. The van der Waals surface area contributed by atoms with E-state index in [0.717, 1.165) is 16.5 Å². The van der Waals surface area contributed by atoms with E-state index in [0.29, 0.717) is 18.5 Å². The van der Waals surface area contributed by atoms with Crippen LogP contribution in [0.3, 0.4) is 0 Å². The van der Waals surface area contributed by atoms with Crippen molar-refractivity contribution in [3.63, 3.8) is 0 Å². The van der Waals surface area contributed by atoms with Gasteiger partial charge in [0, 0.05) is 24.2 Å². The number of carbonyl (C=O) groups is 1. The van der Waals surface area contributed by atoms with Crippen LogP contribution >= 0.6 is 0 Å². The highest BCUT2D eigenvalue weighted by atomic mass is 19.4. The van der Waals surface area contributed by atoms with Crippen molar-refractivity contribution in [3.05, 3.63) is 59.8 Å². The van der Waals surface area contributed by atoms with Crippen LogP contribution in [0.25, 0.3) is 10.9 Å². The molecule has 0 saturated carbocycles. The molecule has 6 nitrogen and oxygen atoms in total. The van der Waals surface area contributed by atoms with Gasteiger partial charge in [0.2, 0.25) is 0 Å². The van der Waals surface area contributed by atoms with Crippen LogP contribution in [0.1, 0.15) is 22.8 Å². The van der Waals surface area contributed by atoms with Crippen molar-refractivity contribution in [1.29, 1.82) is 0 Å². The number of nitrogens with two attached hydrogens (primary N) is 1. The van der Waals surface area contributed by atoms with E-state index in [-0.39, 0.29) is 24.1 Å². The van der Waals surface area contributed by atoms with Crippen LogP contribution in [0.2, 0.25) is 0 Å². The third kappa shape index (κ3) is 6.39. The normalized spacial score (nSPS) is 12.6. The third-order valence-electron chi connectivity index (χ3n) is 4.62. The van der Waals surface area contributed by atoms with Crippen LogP contribution in [0.4, 0.5) is 13.2 Å². The van der Waals surface area contributed by atoms with E-state index < -0.39 is 18.7 Å². The fourth-order valence-electron chi connectivity index (χ4n) is 3.29. The standard InChI is InChI=1S/C22H24F3N3O3/c1-14(10-15-11-16-6-7-28-20(16)17(12-15)21(26)29)27-8-9-30-18-4-2-3-5-19(18)31-13-22(23,24)25/h2-7,11-12,14,27-28H,8-10,13H2,1H3,(H2,26,29). The number of hydrogen-bond donors (Lipinski definition) is 3. The first kappa shape index (κ1) is 22.5. The highest BCUT2D eigenvalue weighted by molar-refractivity contribution is 6.05. The molecule has 0 aliphatic rings. The van der Waals surface area contributed by atoms with Crippen molar-refractivity contribution >= 4 is 16.8 Å². The van der Waals surface area contributed by atoms with E-state index in [1.54, 1.807) is 30.5 Å². The van der Waals surface area contributed by atoms with Crippen LogP contribution in [-0.4, -0.2) is 42.9 Å². The fraction of sp³-hybridized carbons (Fsp3) is 0.318. The van der Waals surface area contributed by atoms with Gasteiger partial charge in [-0.3, -0.25) is 4.79 Å². The van der Waals surface area contributed by atoms with Gasteiger partial charge in [-0.2, -0.15) is 13.2 Å². The number of amides is 1. The van der Waals surface area contributed by atoms with E-state index >= 15 is 0 Å². The predicted molar refractivity (Wildman–Crippen MR) is 111 cm³/mol. The Labute approximate surface area is 177 Å². The van der Waals surface area contributed by atoms with Gasteiger partial charge in [-0.1, -0.05) is 12.1 Å². The Morgan fingerprint density at radius 2 is 1.87 bits per heavy atom. The number of halogens is 3. The summed E-state index contributed by atoms with van der Waals surface area (Å²) in [6.07, 6.45) is -2.00. The van der Waals surface area contributed by atoms with Gasteiger partial charge in [0.05, 0.1) is 11.1 Å². The molecule has 1 aromatic heterocycles. The molecule has 0 fully saturated rings. The number of aromatic nitrogens is 1. The maximum absolute atomic E-state index is 12.4. The predicted octanol–water partition coefficient (Wildman–Crippen LogP) is 3.81. The Hall–Kier alpha value is -3.20. The Morgan fingerprint density at radius 1 is 1.16 bits per heavy atom. The summed E-state index contributed by atoms with van der Waals surface area (Å²) in [5.41, 5.74) is 7.62. The lowest BCUT2D eigenvalue weighted by Crippen LogP contribution is -2.32. The lowest BCUT2D eigenvalue weighted by molar-refractivity contribution is -0.153.